The third-order valence-electron chi connectivity index (χ3n) is 5.16. The van der Waals surface area contributed by atoms with Crippen molar-refractivity contribution in [3.8, 4) is 0 Å². The van der Waals surface area contributed by atoms with E-state index in [1.54, 1.807) is 0 Å². The number of hydrogen-bond donors (Lipinski definition) is 6. The van der Waals surface area contributed by atoms with Gasteiger partial charge in [-0.2, -0.15) is 12.0 Å². The molecule has 1 aliphatic heterocycles. The number of alkyl halides is 1. The molecule has 184 valence electrons. The molecule has 1 unspecified atom stereocenters. The van der Waals surface area contributed by atoms with Crippen LogP contribution in [0.4, 0.5) is 4.39 Å². The van der Waals surface area contributed by atoms with Gasteiger partial charge in [0, 0.05) is 6.42 Å². The Balaban J connectivity index is 0.000000838. The minimum atomic E-state index is -3.58. The van der Waals surface area contributed by atoms with Crippen LogP contribution in [0.5, 0.6) is 0 Å². The van der Waals surface area contributed by atoms with E-state index in [1.165, 1.54) is 19.3 Å². The van der Waals surface area contributed by atoms with Crippen LogP contribution in [0.2, 0.25) is 0 Å². The molecule has 0 aromatic carbocycles. The Morgan fingerprint density at radius 3 is 2.06 bits per heavy atom. The number of rotatable bonds is 7. The number of hydrogen-bond acceptors (Lipinski definition) is 8. The van der Waals surface area contributed by atoms with Gasteiger partial charge in [-0.15, -0.1) is 0 Å². The van der Waals surface area contributed by atoms with Gasteiger partial charge in [-0.05, 0) is 0 Å². The fraction of sp³-hybridized carbons (Fsp3) is 0.833. The van der Waals surface area contributed by atoms with E-state index in [-0.39, 0.29) is 27.1 Å². The zero-order valence-electron chi connectivity index (χ0n) is 16.7. The zero-order valence-corrected chi connectivity index (χ0v) is 19.0. The molecule has 7 atom stereocenters. The van der Waals surface area contributed by atoms with Crippen molar-refractivity contribution in [2.24, 2.45) is 5.92 Å². The summed E-state index contributed by atoms with van der Waals surface area (Å²) in [5.74, 6) is -4.00. The first-order valence-electron chi connectivity index (χ1n) is 9.57. The van der Waals surface area contributed by atoms with Crippen LogP contribution in [0, 0.1) is 12.8 Å². The molecule has 1 heterocycles. The van der Waals surface area contributed by atoms with Gasteiger partial charge in [0.25, 0.3) is 0 Å². The normalized spacial score (nSPS) is 33.5. The van der Waals surface area contributed by atoms with Crippen molar-refractivity contribution in [2.45, 2.75) is 74.5 Å². The molecule has 2 fully saturated rings. The molecule has 0 radical (unpaired) electrons. The molecule has 0 spiro atoms. The number of aliphatic hydroxyl groups excluding tert-OH is 4. The largest absolute Gasteiger partial charge is 2.00 e. The predicted molar refractivity (Wildman–Crippen MR) is 98.9 cm³/mol. The average molecular weight is 635 g/mol. The summed E-state index contributed by atoms with van der Waals surface area (Å²) < 4.78 is 23.4. The predicted octanol–water partition coefficient (Wildman–Crippen LogP) is -0.501. The van der Waals surface area contributed by atoms with E-state index < -0.39 is 67.9 Å². The van der Waals surface area contributed by atoms with Gasteiger partial charge in [0.1, 0.15) is 24.4 Å². The van der Waals surface area contributed by atoms with Crippen molar-refractivity contribution < 1.29 is 75.2 Å². The summed E-state index contributed by atoms with van der Waals surface area (Å²) in [7, 11) is 0. The Kier molecular flexibility index (Phi) is 13.4. The number of carboxylic acid groups (broad SMARTS) is 2. The van der Waals surface area contributed by atoms with Gasteiger partial charge in [-0.3, -0.25) is 0 Å². The molecule has 13 heteroatoms. The Labute approximate surface area is 193 Å². The standard InChI is InChI=1S/C11H17FO10.C7H13N.Pt/c12-11(9(17)18,10(19)20)1-2-21-8-7(16)6(15)5(14)4(3-13)22-8;1-6-4-2-3-5-7(6)8;/h4-8,13-16H,1-3H2,(H,17,18)(H,19,20);6-8H,1-5H2;/q;-2;+2/t4-,5-,6+,7-,8?;6-,7-;/m11./s1. The van der Waals surface area contributed by atoms with Crippen molar-refractivity contribution >= 4 is 11.9 Å². The third kappa shape index (κ3) is 8.29. The Hall–Kier alpha value is -0.722. The SMILES string of the molecule is O=C(O)C(F)(CCOC1O[C@H](CO)[C@@H](O)[C@H](O)[C@H]1O)C(=O)O.[CH2-][C@@H]1CCCC[C@H]1[NH-].[Pt+2]. The summed E-state index contributed by atoms with van der Waals surface area (Å²) in [6, 6.07) is 0.142. The van der Waals surface area contributed by atoms with Gasteiger partial charge in [-0.25, -0.2) is 14.0 Å². The van der Waals surface area contributed by atoms with E-state index >= 15 is 0 Å². The second-order valence-corrected chi connectivity index (χ2v) is 7.38. The molecule has 1 aliphatic carbocycles. The van der Waals surface area contributed by atoms with Crippen LogP contribution < -0.4 is 0 Å². The van der Waals surface area contributed by atoms with E-state index in [1.807, 2.05) is 0 Å². The van der Waals surface area contributed by atoms with Crippen LogP contribution in [0.15, 0.2) is 0 Å². The number of carbonyl (C=O) groups is 2. The van der Waals surface area contributed by atoms with Gasteiger partial charge in [0.15, 0.2) is 6.29 Å². The molecular formula is C18H30FNO10Pt. The summed E-state index contributed by atoms with van der Waals surface area (Å²) in [6.07, 6.45) is -4.21. The molecule has 0 aromatic rings. The van der Waals surface area contributed by atoms with E-state index in [0.717, 1.165) is 6.42 Å². The van der Waals surface area contributed by atoms with E-state index in [4.69, 9.17) is 30.5 Å². The van der Waals surface area contributed by atoms with Crippen LogP contribution in [0.3, 0.4) is 0 Å². The molecule has 11 nitrogen and oxygen atoms in total. The number of aliphatic carboxylic acids is 2. The first-order chi connectivity index (χ1) is 14.0. The fourth-order valence-corrected chi connectivity index (χ4v) is 3.03. The van der Waals surface area contributed by atoms with Crippen LogP contribution in [0.1, 0.15) is 32.1 Å². The molecule has 31 heavy (non-hydrogen) atoms. The molecule has 7 N–H and O–H groups in total. The van der Waals surface area contributed by atoms with Crippen LogP contribution in [0.25, 0.3) is 5.73 Å². The number of halogens is 1. The first-order valence-corrected chi connectivity index (χ1v) is 9.57. The zero-order chi connectivity index (χ0) is 23.1. The van der Waals surface area contributed by atoms with Gasteiger partial charge < -0.3 is 52.8 Å². The van der Waals surface area contributed by atoms with Crippen molar-refractivity contribution in [3.63, 3.8) is 0 Å². The van der Waals surface area contributed by atoms with E-state index in [9.17, 15) is 29.3 Å². The van der Waals surface area contributed by atoms with Crippen LogP contribution in [-0.4, -0.2) is 98.2 Å². The minimum absolute atomic E-state index is 0. The quantitative estimate of drug-likeness (QED) is 0.157. The summed E-state index contributed by atoms with van der Waals surface area (Å²) in [5.41, 5.74) is 3.84. The maximum absolute atomic E-state index is 13.7. The number of nitrogens with one attached hydrogen (secondary N) is 1. The number of ether oxygens (including phenoxy) is 2. The Morgan fingerprint density at radius 2 is 1.65 bits per heavy atom. The number of carboxylic acids is 2. The van der Waals surface area contributed by atoms with Crippen LogP contribution >= 0.6 is 0 Å². The molecule has 0 amide bonds. The third-order valence-corrected chi connectivity index (χ3v) is 5.16. The smallest absolute Gasteiger partial charge is 0.677 e. The maximum atomic E-state index is 13.7. The minimum Gasteiger partial charge on any atom is -0.677 e. The molecule has 2 rings (SSSR count). The van der Waals surface area contributed by atoms with E-state index in [2.05, 4.69) is 6.92 Å². The monoisotopic (exact) mass is 634 g/mol. The summed E-state index contributed by atoms with van der Waals surface area (Å²) >= 11 is 0. The average Bonchev–Trinajstić information content (AvgIpc) is 2.70. The Morgan fingerprint density at radius 1 is 1.10 bits per heavy atom. The van der Waals surface area contributed by atoms with Gasteiger partial charge >= 0.3 is 38.7 Å². The summed E-state index contributed by atoms with van der Waals surface area (Å²) in [4.78, 5) is 21.2. The Bertz CT molecular complexity index is 545. The summed E-state index contributed by atoms with van der Waals surface area (Å²) in [6.45, 7) is 2.42. The van der Waals surface area contributed by atoms with E-state index in [0.29, 0.717) is 5.92 Å². The van der Waals surface area contributed by atoms with Gasteiger partial charge in [-0.1, -0.05) is 25.7 Å². The molecule has 0 bridgehead atoms. The fourth-order valence-electron chi connectivity index (χ4n) is 3.03. The molecule has 1 saturated heterocycles. The number of aliphatic hydroxyl groups is 4. The van der Waals surface area contributed by atoms with Gasteiger partial charge in [0.2, 0.25) is 0 Å². The summed E-state index contributed by atoms with van der Waals surface area (Å²) in [5, 5.41) is 54.6. The second kappa shape index (κ2) is 13.7. The van der Waals surface area contributed by atoms with Crippen molar-refractivity contribution in [3.05, 3.63) is 12.7 Å². The van der Waals surface area contributed by atoms with Crippen LogP contribution in [-0.2, 0) is 40.1 Å². The molecule has 1 saturated carbocycles. The van der Waals surface area contributed by atoms with Gasteiger partial charge in [0.05, 0.1) is 13.2 Å². The maximum Gasteiger partial charge on any atom is 2.00 e. The van der Waals surface area contributed by atoms with Crippen molar-refractivity contribution in [2.75, 3.05) is 13.2 Å². The molecular weight excluding hydrogens is 604 g/mol. The van der Waals surface area contributed by atoms with Crippen molar-refractivity contribution in [1.82, 2.24) is 0 Å². The topological polar surface area (TPSA) is 198 Å². The van der Waals surface area contributed by atoms with Crippen molar-refractivity contribution in [1.29, 1.82) is 0 Å². The first kappa shape index (κ1) is 30.3. The second-order valence-electron chi connectivity index (χ2n) is 7.38. The molecule has 2 aliphatic rings. The molecule has 0 aromatic heterocycles.